The number of nitrogens with zero attached hydrogens (tertiary/aromatic N) is 1. The van der Waals surface area contributed by atoms with Crippen molar-refractivity contribution in [2.75, 3.05) is 46.6 Å². The van der Waals surface area contributed by atoms with Crippen molar-refractivity contribution in [1.82, 2.24) is 4.90 Å². The molecule has 1 aliphatic carbocycles. The molecule has 0 bridgehead atoms. The first-order chi connectivity index (χ1) is 9.79. The summed E-state index contributed by atoms with van der Waals surface area (Å²) in [5.74, 6) is 0. The van der Waals surface area contributed by atoms with E-state index in [9.17, 15) is 0 Å². The Hall–Kier alpha value is -0.160. The summed E-state index contributed by atoms with van der Waals surface area (Å²) < 4.78 is 10.7. The maximum atomic E-state index is 6.19. The summed E-state index contributed by atoms with van der Waals surface area (Å²) in [6.45, 7) is 7.30. The maximum Gasteiger partial charge on any atom is 0.0700 e. The third-order valence-electron chi connectivity index (χ3n) is 4.52. The Balaban J connectivity index is 2.51. The molecule has 1 saturated carbocycles. The number of nitrogens with two attached hydrogens (primary N) is 1. The molecule has 0 atom stereocenters. The Bertz CT molecular complexity index is 229. The average molecular weight is 286 g/mol. The fourth-order valence-electron chi connectivity index (χ4n) is 3.31. The van der Waals surface area contributed by atoms with Gasteiger partial charge in [0.2, 0.25) is 0 Å². The van der Waals surface area contributed by atoms with Crippen LogP contribution in [-0.4, -0.2) is 57.0 Å². The summed E-state index contributed by atoms with van der Waals surface area (Å²) >= 11 is 0. The first kappa shape index (κ1) is 17.9. The molecular formula is C16H34N2O2. The molecule has 0 aromatic rings. The molecule has 4 heteroatoms. The van der Waals surface area contributed by atoms with Gasteiger partial charge in [-0.3, -0.25) is 4.90 Å². The third-order valence-corrected chi connectivity index (χ3v) is 4.52. The van der Waals surface area contributed by atoms with Crippen LogP contribution in [0.5, 0.6) is 0 Å². The van der Waals surface area contributed by atoms with E-state index >= 15 is 0 Å². The third kappa shape index (κ3) is 5.68. The van der Waals surface area contributed by atoms with Crippen LogP contribution >= 0.6 is 0 Å². The molecule has 0 aromatic carbocycles. The van der Waals surface area contributed by atoms with Crippen molar-refractivity contribution in [3.8, 4) is 0 Å². The first-order valence-corrected chi connectivity index (χ1v) is 8.31. The van der Waals surface area contributed by atoms with E-state index in [0.717, 1.165) is 26.2 Å². The van der Waals surface area contributed by atoms with E-state index < -0.39 is 0 Å². The molecule has 0 aromatic heterocycles. The van der Waals surface area contributed by atoms with Gasteiger partial charge >= 0.3 is 0 Å². The second-order valence-electron chi connectivity index (χ2n) is 5.93. The molecule has 120 valence electrons. The lowest BCUT2D eigenvalue weighted by Crippen LogP contribution is -2.55. The molecule has 0 radical (unpaired) electrons. The summed E-state index contributed by atoms with van der Waals surface area (Å²) in [7, 11) is 1.71. The molecule has 1 fully saturated rings. The summed E-state index contributed by atoms with van der Waals surface area (Å²) in [4.78, 5) is 2.60. The smallest absolute Gasteiger partial charge is 0.0700 e. The second kappa shape index (κ2) is 10.6. The van der Waals surface area contributed by atoms with Crippen molar-refractivity contribution in [1.29, 1.82) is 0 Å². The van der Waals surface area contributed by atoms with Gasteiger partial charge in [-0.25, -0.2) is 0 Å². The highest BCUT2D eigenvalue weighted by atomic mass is 16.5. The van der Waals surface area contributed by atoms with E-state index in [-0.39, 0.29) is 5.54 Å². The highest BCUT2D eigenvalue weighted by molar-refractivity contribution is 4.93. The number of methoxy groups -OCH3 is 1. The normalized spacial score (nSPS) is 19.2. The van der Waals surface area contributed by atoms with E-state index in [4.69, 9.17) is 15.2 Å². The Morgan fingerprint density at radius 1 is 1.00 bits per heavy atom. The van der Waals surface area contributed by atoms with Crippen molar-refractivity contribution in [3.05, 3.63) is 0 Å². The van der Waals surface area contributed by atoms with Gasteiger partial charge in [0.15, 0.2) is 0 Å². The van der Waals surface area contributed by atoms with E-state index in [1.54, 1.807) is 7.11 Å². The number of rotatable bonds is 10. The standard InChI is InChI=1S/C16H34N2O2/c1-3-10-18(11-12-20-14-13-19-2)16(15-17)8-6-4-5-7-9-16/h3-15,17H2,1-2H3. The molecule has 0 heterocycles. The highest BCUT2D eigenvalue weighted by Crippen LogP contribution is 2.31. The maximum absolute atomic E-state index is 6.19. The van der Waals surface area contributed by atoms with Gasteiger partial charge in [0.05, 0.1) is 19.8 Å². The molecule has 1 rings (SSSR count). The van der Waals surface area contributed by atoms with Gasteiger partial charge in [-0.15, -0.1) is 0 Å². The lowest BCUT2D eigenvalue weighted by Gasteiger charge is -2.43. The van der Waals surface area contributed by atoms with Crippen LogP contribution in [0.4, 0.5) is 0 Å². The van der Waals surface area contributed by atoms with Crippen LogP contribution in [0.2, 0.25) is 0 Å². The van der Waals surface area contributed by atoms with Crippen molar-refractivity contribution in [2.24, 2.45) is 5.73 Å². The van der Waals surface area contributed by atoms with Crippen LogP contribution in [0.1, 0.15) is 51.9 Å². The lowest BCUT2D eigenvalue weighted by atomic mass is 9.88. The van der Waals surface area contributed by atoms with Crippen molar-refractivity contribution in [3.63, 3.8) is 0 Å². The first-order valence-electron chi connectivity index (χ1n) is 8.31. The number of hydrogen-bond acceptors (Lipinski definition) is 4. The Morgan fingerprint density at radius 3 is 2.25 bits per heavy atom. The minimum Gasteiger partial charge on any atom is -0.382 e. The Kier molecular flexibility index (Phi) is 9.44. The largest absolute Gasteiger partial charge is 0.382 e. The van der Waals surface area contributed by atoms with E-state index in [0.29, 0.717) is 13.2 Å². The summed E-state index contributed by atoms with van der Waals surface area (Å²) in [5, 5.41) is 0. The average Bonchev–Trinajstić information content (AvgIpc) is 2.72. The molecule has 0 unspecified atom stereocenters. The molecule has 0 amide bonds. The van der Waals surface area contributed by atoms with Crippen LogP contribution in [0.15, 0.2) is 0 Å². The summed E-state index contributed by atoms with van der Waals surface area (Å²) in [5.41, 5.74) is 6.41. The van der Waals surface area contributed by atoms with Crippen LogP contribution < -0.4 is 5.73 Å². The summed E-state index contributed by atoms with van der Waals surface area (Å²) in [6, 6.07) is 0. The topological polar surface area (TPSA) is 47.7 Å². The predicted octanol–water partition coefficient (Wildman–Crippen LogP) is 2.41. The summed E-state index contributed by atoms with van der Waals surface area (Å²) in [6.07, 6.45) is 9.06. The monoisotopic (exact) mass is 286 g/mol. The Morgan fingerprint density at radius 2 is 1.70 bits per heavy atom. The molecule has 2 N–H and O–H groups in total. The van der Waals surface area contributed by atoms with Gasteiger partial charge in [0.25, 0.3) is 0 Å². The fourth-order valence-corrected chi connectivity index (χ4v) is 3.31. The molecule has 1 aliphatic rings. The van der Waals surface area contributed by atoms with Crippen LogP contribution in [0, 0.1) is 0 Å². The SMILES string of the molecule is CCCN(CCOCCOC)C1(CN)CCCCCC1. The van der Waals surface area contributed by atoms with Gasteiger partial charge < -0.3 is 15.2 Å². The molecule has 20 heavy (non-hydrogen) atoms. The van der Waals surface area contributed by atoms with Gasteiger partial charge in [-0.05, 0) is 25.8 Å². The zero-order chi connectivity index (χ0) is 14.7. The van der Waals surface area contributed by atoms with Crippen molar-refractivity contribution < 1.29 is 9.47 Å². The highest BCUT2D eigenvalue weighted by Gasteiger charge is 2.34. The quantitative estimate of drug-likeness (QED) is 0.495. The molecule has 0 spiro atoms. The van der Waals surface area contributed by atoms with Gasteiger partial charge in [-0.1, -0.05) is 32.6 Å². The van der Waals surface area contributed by atoms with Gasteiger partial charge in [-0.2, -0.15) is 0 Å². The van der Waals surface area contributed by atoms with Crippen LogP contribution in [0.3, 0.4) is 0 Å². The molecular weight excluding hydrogens is 252 g/mol. The minimum atomic E-state index is 0.219. The van der Waals surface area contributed by atoms with Gasteiger partial charge in [0.1, 0.15) is 0 Å². The number of ether oxygens (including phenoxy) is 2. The van der Waals surface area contributed by atoms with E-state index in [1.165, 1.54) is 44.9 Å². The van der Waals surface area contributed by atoms with Crippen molar-refractivity contribution in [2.45, 2.75) is 57.4 Å². The van der Waals surface area contributed by atoms with Gasteiger partial charge in [0, 0.05) is 25.7 Å². The number of hydrogen-bond donors (Lipinski definition) is 1. The molecule has 0 aliphatic heterocycles. The lowest BCUT2D eigenvalue weighted by molar-refractivity contribution is 0.0205. The van der Waals surface area contributed by atoms with E-state index in [2.05, 4.69) is 11.8 Å². The van der Waals surface area contributed by atoms with Crippen LogP contribution in [-0.2, 0) is 9.47 Å². The van der Waals surface area contributed by atoms with Crippen molar-refractivity contribution >= 4 is 0 Å². The Labute approximate surface area is 125 Å². The van der Waals surface area contributed by atoms with E-state index in [1.807, 2.05) is 0 Å². The zero-order valence-electron chi connectivity index (χ0n) is 13.5. The molecule has 4 nitrogen and oxygen atoms in total. The minimum absolute atomic E-state index is 0.219. The predicted molar refractivity (Wildman–Crippen MR) is 84.0 cm³/mol. The second-order valence-corrected chi connectivity index (χ2v) is 5.93. The molecule has 0 saturated heterocycles. The fraction of sp³-hybridized carbons (Fsp3) is 1.00. The zero-order valence-corrected chi connectivity index (χ0v) is 13.5. The van der Waals surface area contributed by atoms with Crippen LogP contribution in [0.25, 0.3) is 0 Å².